The third-order valence-electron chi connectivity index (χ3n) is 4.43. The molecule has 0 aliphatic carbocycles. The van der Waals surface area contributed by atoms with Crippen LogP contribution in [-0.2, 0) is 25.6 Å². The number of carbonyl (C=O) groups is 4. The molecule has 0 aliphatic heterocycles. The van der Waals surface area contributed by atoms with Crippen LogP contribution in [0.25, 0.3) is 0 Å². The Labute approximate surface area is 175 Å². The number of aliphatic hydroxyl groups is 1. The molecule has 0 spiro atoms. The molecule has 10 nitrogen and oxygen atoms in total. The molecule has 0 aromatic heterocycles. The Morgan fingerprint density at radius 1 is 0.933 bits per heavy atom. The molecule has 0 radical (unpaired) electrons. The molecule has 4 atom stereocenters. The molecule has 7 N–H and O–H groups in total. The number of hydrogen-bond acceptors (Lipinski definition) is 6. The highest BCUT2D eigenvalue weighted by atomic mass is 16.4. The van der Waals surface area contributed by atoms with Crippen molar-refractivity contribution >= 4 is 23.7 Å². The van der Waals surface area contributed by atoms with Gasteiger partial charge < -0.3 is 31.9 Å². The van der Waals surface area contributed by atoms with Gasteiger partial charge in [-0.1, -0.05) is 44.2 Å². The van der Waals surface area contributed by atoms with E-state index in [-0.39, 0.29) is 6.42 Å². The number of aliphatic carboxylic acids is 1. The van der Waals surface area contributed by atoms with Crippen LogP contribution in [0.5, 0.6) is 0 Å². The first kappa shape index (κ1) is 25.1. The topological polar surface area (TPSA) is 171 Å². The van der Waals surface area contributed by atoms with Gasteiger partial charge in [-0.25, -0.2) is 4.79 Å². The first-order chi connectivity index (χ1) is 14.1. The van der Waals surface area contributed by atoms with Gasteiger partial charge in [0.1, 0.15) is 18.1 Å². The van der Waals surface area contributed by atoms with Crippen molar-refractivity contribution in [3.8, 4) is 0 Å². The lowest BCUT2D eigenvalue weighted by molar-refractivity contribution is -0.143. The van der Waals surface area contributed by atoms with Crippen LogP contribution in [0.15, 0.2) is 30.3 Å². The van der Waals surface area contributed by atoms with Crippen molar-refractivity contribution in [1.82, 2.24) is 16.0 Å². The molecular weight excluding hydrogens is 392 g/mol. The van der Waals surface area contributed by atoms with Crippen molar-refractivity contribution in [2.45, 2.75) is 51.4 Å². The van der Waals surface area contributed by atoms with Crippen molar-refractivity contribution in [1.29, 1.82) is 0 Å². The van der Waals surface area contributed by atoms with E-state index in [2.05, 4.69) is 16.0 Å². The molecule has 0 aliphatic rings. The average Bonchev–Trinajstić information content (AvgIpc) is 2.69. The van der Waals surface area contributed by atoms with E-state index in [9.17, 15) is 24.3 Å². The number of carboxylic acid groups (broad SMARTS) is 1. The second-order valence-corrected chi connectivity index (χ2v) is 7.34. The lowest BCUT2D eigenvalue weighted by Gasteiger charge is -2.23. The minimum Gasteiger partial charge on any atom is -0.480 e. The lowest BCUT2D eigenvalue weighted by atomic mass is 10.0. The first-order valence-electron chi connectivity index (χ1n) is 9.61. The number of nitrogens with one attached hydrogen (secondary N) is 3. The van der Waals surface area contributed by atoms with Gasteiger partial charge in [-0.3, -0.25) is 14.4 Å². The Balaban J connectivity index is 2.62. The standard InChI is InChI=1S/C20H30N4O6/c1-11(2)16(20(29)30)24-19(28)15(10-25)23-17(26)12(3)22-18(27)14(21)9-13-7-5-4-6-8-13/h4-8,11-12,14-16,25H,9-10,21H2,1-3H3,(H,22,27)(H,23,26)(H,24,28)(H,29,30). The molecule has 1 rings (SSSR count). The summed E-state index contributed by atoms with van der Waals surface area (Å²) in [5.74, 6) is -3.73. The Bertz CT molecular complexity index is 740. The SMILES string of the molecule is CC(NC(=O)C(N)Cc1ccccc1)C(=O)NC(CO)C(=O)NC(C(=O)O)C(C)C. The van der Waals surface area contributed by atoms with Gasteiger partial charge in [0.05, 0.1) is 12.6 Å². The predicted molar refractivity (Wildman–Crippen MR) is 109 cm³/mol. The fourth-order valence-electron chi connectivity index (χ4n) is 2.60. The molecule has 166 valence electrons. The normalized spacial score (nSPS) is 14.9. The highest BCUT2D eigenvalue weighted by Crippen LogP contribution is 2.03. The second-order valence-electron chi connectivity index (χ2n) is 7.34. The van der Waals surface area contributed by atoms with Gasteiger partial charge in [0, 0.05) is 0 Å². The summed E-state index contributed by atoms with van der Waals surface area (Å²) in [5, 5.41) is 25.6. The van der Waals surface area contributed by atoms with Gasteiger partial charge >= 0.3 is 5.97 Å². The fourth-order valence-corrected chi connectivity index (χ4v) is 2.60. The molecule has 0 saturated carbocycles. The number of benzene rings is 1. The quantitative estimate of drug-likeness (QED) is 0.259. The van der Waals surface area contributed by atoms with Gasteiger partial charge in [0.2, 0.25) is 17.7 Å². The van der Waals surface area contributed by atoms with Crippen molar-refractivity contribution < 1.29 is 29.4 Å². The van der Waals surface area contributed by atoms with Crippen LogP contribution in [-0.4, -0.2) is 64.7 Å². The maximum absolute atomic E-state index is 12.3. The number of rotatable bonds is 11. The summed E-state index contributed by atoms with van der Waals surface area (Å²) in [6.07, 6.45) is 0.286. The summed E-state index contributed by atoms with van der Waals surface area (Å²) in [5.41, 5.74) is 6.75. The summed E-state index contributed by atoms with van der Waals surface area (Å²) in [6, 6.07) is 4.71. The Hall–Kier alpha value is -2.98. The highest BCUT2D eigenvalue weighted by molar-refractivity contribution is 5.94. The monoisotopic (exact) mass is 422 g/mol. The summed E-state index contributed by atoms with van der Waals surface area (Å²) in [6.45, 7) is 3.89. The van der Waals surface area contributed by atoms with E-state index in [1.807, 2.05) is 30.3 Å². The van der Waals surface area contributed by atoms with E-state index < -0.39 is 60.4 Å². The average molecular weight is 422 g/mol. The third-order valence-corrected chi connectivity index (χ3v) is 4.43. The van der Waals surface area contributed by atoms with E-state index in [1.165, 1.54) is 6.92 Å². The largest absolute Gasteiger partial charge is 0.480 e. The van der Waals surface area contributed by atoms with Crippen LogP contribution >= 0.6 is 0 Å². The number of nitrogens with two attached hydrogens (primary N) is 1. The van der Waals surface area contributed by atoms with Crippen LogP contribution < -0.4 is 21.7 Å². The van der Waals surface area contributed by atoms with E-state index in [0.717, 1.165) is 5.56 Å². The van der Waals surface area contributed by atoms with Gasteiger partial charge in [0.25, 0.3) is 0 Å². The zero-order valence-corrected chi connectivity index (χ0v) is 17.3. The Morgan fingerprint density at radius 2 is 1.53 bits per heavy atom. The van der Waals surface area contributed by atoms with E-state index in [1.54, 1.807) is 13.8 Å². The van der Waals surface area contributed by atoms with Crippen LogP contribution in [0.2, 0.25) is 0 Å². The molecule has 4 unspecified atom stereocenters. The van der Waals surface area contributed by atoms with Crippen molar-refractivity contribution in [2.75, 3.05) is 6.61 Å². The minimum absolute atomic E-state index is 0.286. The number of hydrogen-bond donors (Lipinski definition) is 6. The van der Waals surface area contributed by atoms with Gasteiger partial charge in [-0.05, 0) is 24.8 Å². The lowest BCUT2D eigenvalue weighted by Crippen LogP contribution is -2.58. The molecule has 0 saturated heterocycles. The maximum Gasteiger partial charge on any atom is 0.326 e. The molecule has 1 aromatic rings. The summed E-state index contributed by atoms with van der Waals surface area (Å²) < 4.78 is 0. The second kappa shape index (κ2) is 11.9. The van der Waals surface area contributed by atoms with Crippen molar-refractivity contribution in [3.05, 3.63) is 35.9 Å². The van der Waals surface area contributed by atoms with Crippen LogP contribution in [0.1, 0.15) is 26.3 Å². The zero-order chi connectivity index (χ0) is 22.8. The number of aliphatic hydroxyl groups excluding tert-OH is 1. The predicted octanol–water partition coefficient (Wildman–Crippen LogP) is -1.24. The molecular formula is C20H30N4O6. The smallest absolute Gasteiger partial charge is 0.326 e. The molecule has 1 aromatic carbocycles. The van der Waals surface area contributed by atoms with Crippen LogP contribution in [0.3, 0.4) is 0 Å². The highest BCUT2D eigenvalue weighted by Gasteiger charge is 2.29. The van der Waals surface area contributed by atoms with Gasteiger partial charge in [0.15, 0.2) is 0 Å². The van der Waals surface area contributed by atoms with E-state index in [4.69, 9.17) is 10.8 Å². The number of amides is 3. The summed E-state index contributed by atoms with van der Waals surface area (Å²) >= 11 is 0. The first-order valence-corrected chi connectivity index (χ1v) is 9.61. The molecule has 3 amide bonds. The molecule has 0 bridgehead atoms. The fraction of sp³-hybridized carbons (Fsp3) is 0.500. The Kier molecular flexibility index (Phi) is 9.93. The maximum atomic E-state index is 12.3. The van der Waals surface area contributed by atoms with Crippen LogP contribution in [0, 0.1) is 5.92 Å². The molecule has 0 heterocycles. The number of carbonyl (C=O) groups excluding carboxylic acids is 3. The van der Waals surface area contributed by atoms with Crippen molar-refractivity contribution in [2.24, 2.45) is 11.7 Å². The van der Waals surface area contributed by atoms with Gasteiger partial charge in [-0.15, -0.1) is 0 Å². The molecule has 0 fully saturated rings. The van der Waals surface area contributed by atoms with Gasteiger partial charge in [-0.2, -0.15) is 0 Å². The summed E-state index contributed by atoms with van der Waals surface area (Å²) in [4.78, 5) is 48.0. The Morgan fingerprint density at radius 3 is 2.03 bits per heavy atom. The number of carboxylic acids is 1. The third kappa shape index (κ3) is 7.80. The zero-order valence-electron chi connectivity index (χ0n) is 17.3. The summed E-state index contributed by atoms with van der Waals surface area (Å²) in [7, 11) is 0. The van der Waals surface area contributed by atoms with E-state index in [0.29, 0.717) is 0 Å². The van der Waals surface area contributed by atoms with Crippen molar-refractivity contribution in [3.63, 3.8) is 0 Å². The molecule has 10 heteroatoms. The van der Waals surface area contributed by atoms with E-state index >= 15 is 0 Å². The van der Waals surface area contributed by atoms with Crippen LogP contribution in [0.4, 0.5) is 0 Å². The minimum atomic E-state index is -1.37. The molecule has 30 heavy (non-hydrogen) atoms.